The molecule has 0 fully saturated rings. The molecule has 2 amide bonds. The van der Waals surface area contributed by atoms with E-state index in [0.29, 0.717) is 23.5 Å². The number of carbonyl (C=O) groups is 2. The Morgan fingerprint density at radius 1 is 1.12 bits per heavy atom. The van der Waals surface area contributed by atoms with Gasteiger partial charge >= 0.3 is 0 Å². The fourth-order valence-electron chi connectivity index (χ4n) is 4.27. The van der Waals surface area contributed by atoms with Gasteiger partial charge in [-0.3, -0.25) is 9.59 Å². The zero-order valence-electron chi connectivity index (χ0n) is 20.7. The highest BCUT2D eigenvalue weighted by Crippen LogP contribution is 2.30. The van der Waals surface area contributed by atoms with Crippen molar-refractivity contribution in [2.45, 2.75) is 58.9 Å². The number of amides is 2. The Bertz CT molecular complexity index is 996. The van der Waals surface area contributed by atoms with Gasteiger partial charge in [0, 0.05) is 25.3 Å². The van der Waals surface area contributed by atoms with Crippen LogP contribution >= 0.6 is 0 Å². The number of carbonyl (C=O) groups excluding carboxylic acids is 2. The van der Waals surface area contributed by atoms with E-state index in [4.69, 9.17) is 0 Å². The van der Waals surface area contributed by atoms with E-state index in [1.165, 1.54) is 30.5 Å². The molecular formula is C28H38N4O2. The molecule has 2 aromatic carbocycles. The number of nitrogens with zero attached hydrogens (tertiary/aromatic N) is 1. The minimum Gasteiger partial charge on any atom is -0.372 e. The molecule has 2 aliphatic rings. The van der Waals surface area contributed by atoms with E-state index in [0.717, 1.165) is 25.9 Å². The normalized spacial score (nSPS) is 16.5. The van der Waals surface area contributed by atoms with Crippen molar-refractivity contribution in [3.05, 3.63) is 65.7 Å². The molecule has 0 bridgehead atoms. The van der Waals surface area contributed by atoms with Crippen LogP contribution in [0.2, 0.25) is 0 Å². The Labute approximate surface area is 203 Å². The second-order valence-electron chi connectivity index (χ2n) is 8.70. The average molecular weight is 463 g/mol. The molecule has 0 aliphatic carbocycles. The van der Waals surface area contributed by atoms with Crippen LogP contribution in [0, 0.1) is 0 Å². The maximum atomic E-state index is 12.7. The molecule has 4 rings (SSSR count). The first-order valence-corrected chi connectivity index (χ1v) is 12.5. The molecule has 1 unspecified atom stereocenters. The van der Waals surface area contributed by atoms with Crippen LogP contribution in [0.4, 0.5) is 17.1 Å². The van der Waals surface area contributed by atoms with Crippen molar-refractivity contribution in [2.75, 3.05) is 35.2 Å². The lowest BCUT2D eigenvalue weighted by Gasteiger charge is -2.31. The highest BCUT2D eigenvalue weighted by atomic mass is 16.2. The van der Waals surface area contributed by atoms with Crippen molar-refractivity contribution < 1.29 is 9.59 Å². The van der Waals surface area contributed by atoms with Gasteiger partial charge in [-0.2, -0.15) is 0 Å². The summed E-state index contributed by atoms with van der Waals surface area (Å²) < 4.78 is 0. The summed E-state index contributed by atoms with van der Waals surface area (Å²) in [6, 6.07) is 13.6. The Morgan fingerprint density at radius 3 is 2.65 bits per heavy atom. The predicted octanol–water partition coefficient (Wildman–Crippen LogP) is 5.37. The van der Waals surface area contributed by atoms with E-state index < -0.39 is 0 Å². The lowest BCUT2D eigenvalue weighted by molar-refractivity contribution is -0.116. The SMILES string of the molecule is CC/C=C\CC.CC1Nc2c(cccc2C(=O)NCCCN2CCCc3ccccc32)NC1=O. The van der Waals surface area contributed by atoms with Crippen molar-refractivity contribution in [2.24, 2.45) is 0 Å². The molecular weight excluding hydrogens is 424 g/mol. The Balaban J connectivity index is 0.000000481. The molecule has 34 heavy (non-hydrogen) atoms. The summed E-state index contributed by atoms with van der Waals surface area (Å²) in [6.07, 6.45) is 9.91. The Kier molecular flexibility index (Phi) is 9.56. The minimum absolute atomic E-state index is 0.0909. The number of hydrogen-bond donors (Lipinski definition) is 3. The third kappa shape index (κ3) is 6.62. The summed E-state index contributed by atoms with van der Waals surface area (Å²) in [6.45, 7) is 8.68. The summed E-state index contributed by atoms with van der Waals surface area (Å²) >= 11 is 0. The fourth-order valence-corrected chi connectivity index (χ4v) is 4.27. The molecule has 2 aliphatic heterocycles. The van der Waals surface area contributed by atoms with Crippen molar-refractivity contribution in [3.63, 3.8) is 0 Å². The van der Waals surface area contributed by atoms with Gasteiger partial charge in [0.2, 0.25) is 5.91 Å². The van der Waals surface area contributed by atoms with Crippen LogP contribution in [0.3, 0.4) is 0 Å². The van der Waals surface area contributed by atoms with Crippen LogP contribution in [0.15, 0.2) is 54.6 Å². The monoisotopic (exact) mass is 462 g/mol. The molecule has 0 aromatic heterocycles. The first-order chi connectivity index (χ1) is 16.5. The van der Waals surface area contributed by atoms with Gasteiger partial charge in [-0.25, -0.2) is 0 Å². The Morgan fingerprint density at radius 2 is 1.88 bits per heavy atom. The number of para-hydroxylation sites is 2. The number of anilines is 3. The number of rotatable bonds is 7. The molecule has 0 spiro atoms. The number of benzene rings is 2. The second-order valence-corrected chi connectivity index (χ2v) is 8.70. The van der Waals surface area contributed by atoms with Crippen LogP contribution in [0.1, 0.15) is 62.4 Å². The van der Waals surface area contributed by atoms with Gasteiger partial charge in [-0.05, 0) is 62.8 Å². The van der Waals surface area contributed by atoms with Crippen LogP contribution < -0.4 is 20.9 Å². The third-order valence-electron chi connectivity index (χ3n) is 6.06. The van der Waals surface area contributed by atoms with Crippen LogP contribution in [0.25, 0.3) is 0 Å². The van der Waals surface area contributed by atoms with Gasteiger partial charge in [0.15, 0.2) is 0 Å². The first-order valence-electron chi connectivity index (χ1n) is 12.5. The molecule has 0 saturated carbocycles. The molecule has 6 heteroatoms. The molecule has 6 nitrogen and oxygen atoms in total. The van der Waals surface area contributed by atoms with Crippen molar-refractivity contribution in [1.82, 2.24) is 5.32 Å². The van der Waals surface area contributed by atoms with E-state index in [1.54, 1.807) is 25.1 Å². The zero-order valence-corrected chi connectivity index (χ0v) is 20.7. The van der Waals surface area contributed by atoms with Crippen LogP contribution in [-0.4, -0.2) is 37.5 Å². The van der Waals surface area contributed by atoms with E-state index >= 15 is 0 Å². The maximum Gasteiger partial charge on any atom is 0.253 e. The van der Waals surface area contributed by atoms with Crippen LogP contribution in [-0.2, 0) is 11.2 Å². The standard InChI is InChI=1S/C22H26N4O2.C6H12/c1-15-21(27)25-18-10-4-9-17(20(18)24-15)22(28)23-12-6-14-26-13-5-8-16-7-2-3-11-19(16)26;1-3-5-6-4-2/h2-4,7,9-11,15,24H,5-6,8,12-14H2,1H3,(H,23,28)(H,25,27);5-6H,3-4H2,1-2H3/b;6-5-. The highest BCUT2D eigenvalue weighted by molar-refractivity contribution is 6.09. The van der Waals surface area contributed by atoms with Gasteiger partial charge < -0.3 is 20.9 Å². The summed E-state index contributed by atoms with van der Waals surface area (Å²) in [5, 5.41) is 8.99. The van der Waals surface area contributed by atoms with Gasteiger partial charge in [-0.15, -0.1) is 0 Å². The Hall–Kier alpha value is -3.28. The average Bonchev–Trinajstić information content (AvgIpc) is 2.86. The number of nitrogens with one attached hydrogen (secondary N) is 3. The topological polar surface area (TPSA) is 73.5 Å². The molecule has 0 saturated heterocycles. The molecule has 182 valence electrons. The van der Waals surface area contributed by atoms with Gasteiger partial charge in [0.1, 0.15) is 6.04 Å². The molecule has 2 heterocycles. The van der Waals surface area contributed by atoms with E-state index in [1.807, 2.05) is 0 Å². The molecule has 0 radical (unpaired) electrons. The second kappa shape index (κ2) is 12.8. The minimum atomic E-state index is -0.361. The lowest BCUT2D eigenvalue weighted by Crippen LogP contribution is -2.38. The van der Waals surface area contributed by atoms with Gasteiger partial charge in [-0.1, -0.05) is 50.3 Å². The lowest BCUT2D eigenvalue weighted by atomic mass is 10.0. The van der Waals surface area contributed by atoms with Gasteiger partial charge in [0.05, 0.1) is 16.9 Å². The number of fused-ring (bicyclic) bond motifs is 2. The number of hydrogen-bond acceptors (Lipinski definition) is 4. The summed E-state index contributed by atoms with van der Waals surface area (Å²) in [5.41, 5.74) is 4.65. The van der Waals surface area contributed by atoms with Crippen molar-refractivity contribution in [3.8, 4) is 0 Å². The number of allylic oxidation sites excluding steroid dienone is 2. The largest absolute Gasteiger partial charge is 0.372 e. The fraction of sp³-hybridized carbons (Fsp3) is 0.429. The summed E-state index contributed by atoms with van der Waals surface area (Å²) in [4.78, 5) is 26.9. The first kappa shape index (κ1) is 25.3. The van der Waals surface area contributed by atoms with Crippen LogP contribution in [0.5, 0.6) is 0 Å². The van der Waals surface area contributed by atoms with E-state index in [9.17, 15) is 9.59 Å². The van der Waals surface area contributed by atoms with Crippen molar-refractivity contribution in [1.29, 1.82) is 0 Å². The van der Waals surface area contributed by atoms with Gasteiger partial charge in [0.25, 0.3) is 5.91 Å². The smallest absolute Gasteiger partial charge is 0.253 e. The molecule has 1 atom stereocenters. The van der Waals surface area contributed by atoms with Crippen molar-refractivity contribution >= 4 is 28.9 Å². The third-order valence-corrected chi connectivity index (χ3v) is 6.06. The summed E-state index contributed by atoms with van der Waals surface area (Å²) in [5.74, 6) is -0.210. The molecule has 3 N–H and O–H groups in total. The number of aryl methyl sites for hydroxylation is 1. The summed E-state index contributed by atoms with van der Waals surface area (Å²) in [7, 11) is 0. The predicted molar refractivity (Wildman–Crippen MR) is 142 cm³/mol. The molecule has 2 aromatic rings. The quantitative estimate of drug-likeness (QED) is 0.382. The highest BCUT2D eigenvalue weighted by Gasteiger charge is 2.25. The zero-order chi connectivity index (χ0) is 24.3. The van der Waals surface area contributed by atoms with E-state index in [-0.39, 0.29) is 17.9 Å². The maximum absolute atomic E-state index is 12.7. The van der Waals surface area contributed by atoms with E-state index in [2.05, 4.69) is 71.1 Å².